The van der Waals surface area contributed by atoms with E-state index in [0.29, 0.717) is 18.7 Å². The zero-order valence-electron chi connectivity index (χ0n) is 11.4. The van der Waals surface area contributed by atoms with Crippen LogP contribution < -0.4 is 10.5 Å². The lowest BCUT2D eigenvalue weighted by Gasteiger charge is -2.10. The number of rotatable bonds is 6. The molecule has 4 heteroatoms. The molecule has 0 amide bonds. The van der Waals surface area contributed by atoms with E-state index in [1.165, 1.54) is 6.07 Å². The van der Waals surface area contributed by atoms with Crippen molar-refractivity contribution >= 4 is 0 Å². The van der Waals surface area contributed by atoms with Gasteiger partial charge in [0.05, 0.1) is 20.3 Å². The molecule has 0 fully saturated rings. The third kappa shape index (κ3) is 3.56. The molecule has 0 saturated heterocycles. The molecule has 0 aromatic heterocycles. The minimum atomic E-state index is -0.247. The van der Waals surface area contributed by atoms with Crippen molar-refractivity contribution in [1.29, 1.82) is 0 Å². The van der Waals surface area contributed by atoms with Gasteiger partial charge in [0, 0.05) is 17.7 Å². The molecule has 0 aliphatic carbocycles. The molecule has 0 spiro atoms. The molecule has 0 aliphatic heterocycles. The first-order chi connectivity index (χ1) is 9.74. The maximum atomic E-state index is 13.4. The Morgan fingerprint density at radius 1 is 1.05 bits per heavy atom. The van der Waals surface area contributed by atoms with Gasteiger partial charge in [-0.15, -0.1) is 0 Å². The second-order valence-corrected chi connectivity index (χ2v) is 4.43. The predicted octanol–water partition coefficient (Wildman–Crippen LogP) is 3.01. The quantitative estimate of drug-likeness (QED) is 0.881. The average molecular weight is 275 g/mol. The van der Waals surface area contributed by atoms with Crippen molar-refractivity contribution in [3.8, 4) is 5.75 Å². The molecule has 106 valence electrons. The highest BCUT2D eigenvalue weighted by atomic mass is 19.1. The minimum Gasteiger partial charge on any atom is -0.496 e. The fourth-order valence-electron chi connectivity index (χ4n) is 1.94. The van der Waals surface area contributed by atoms with E-state index in [4.69, 9.17) is 15.2 Å². The number of hydrogen-bond acceptors (Lipinski definition) is 3. The number of benzene rings is 2. The van der Waals surface area contributed by atoms with Gasteiger partial charge < -0.3 is 15.2 Å². The van der Waals surface area contributed by atoms with Crippen molar-refractivity contribution < 1.29 is 13.9 Å². The van der Waals surface area contributed by atoms with Crippen LogP contribution in [0.3, 0.4) is 0 Å². The summed E-state index contributed by atoms with van der Waals surface area (Å²) in [7, 11) is 1.61. The smallest absolute Gasteiger partial charge is 0.128 e. The standard InChI is InChI=1S/C16H18FNO2/c1-19-16-8-12(6-7-13(16)9-18)10-20-11-14-4-2-3-5-15(14)17/h2-8H,9-11,18H2,1H3. The van der Waals surface area contributed by atoms with Gasteiger partial charge in [0.1, 0.15) is 11.6 Å². The SMILES string of the molecule is COc1cc(COCc2ccccc2F)ccc1CN. The zero-order valence-corrected chi connectivity index (χ0v) is 11.4. The van der Waals surface area contributed by atoms with Gasteiger partial charge in [-0.1, -0.05) is 30.3 Å². The van der Waals surface area contributed by atoms with Crippen LogP contribution >= 0.6 is 0 Å². The molecule has 0 bridgehead atoms. The second kappa shape index (κ2) is 7.03. The normalized spacial score (nSPS) is 10.6. The molecule has 2 rings (SSSR count). The van der Waals surface area contributed by atoms with Gasteiger partial charge in [-0.05, 0) is 17.7 Å². The number of halogens is 1. The Morgan fingerprint density at radius 2 is 1.85 bits per heavy atom. The number of methoxy groups -OCH3 is 1. The van der Waals surface area contributed by atoms with Gasteiger partial charge >= 0.3 is 0 Å². The molecular weight excluding hydrogens is 257 g/mol. The maximum absolute atomic E-state index is 13.4. The van der Waals surface area contributed by atoms with Crippen molar-refractivity contribution in [3.63, 3.8) is 0 Å². The summed E-state index contributed by atoms with van der Waals surface area (Å²) in [4.78, 5) is 0. The number of nitrogens with two attached hydrogens (primary N) is 1. The van der Waals surface area contributed by atoms with Crippen LogP contribution in [0, 0.1) is 5.82 Å². The highest BCUT2D eigenvalue weighted by molar-refractivity contribution is 5.37. The van der Waals surface area contributed by atoms with Crippen molar-refractivity contribution in [2.45, 2.75) is 19.8 Å². The largest absolute Gasteiger partial charge is 0.496 e. The molecule has 2 aromatic carbocycles. The Morgan fingerprint density at radius 3 is 2.55 bits per heavy atom. The van der Waals surface area contributed by atoms with E-state index in [0.717, 1.165) is 16.9 Å². The minimum absolute atomic E-state index is 0.244. The fraction of sp³-hybridized carbons (Fsp3) is 0.250. The lowest BCUT2D eigenvalue weighted by atomic mass is 10.1. The zero-order chi connectivity index (χ0) is 14.4. The van der Waals surface area contributed by atoms with E-state index in [1.807, 2.05) is 18.2 Å². The molecule has 0 aliphatic rings. The Labute approximate surface area is 118 Å². The van der Waals surface area contributed by atoms with Gasteiger partial charge in [0.15, 0.2) is 0 Å². The Bertz CT molecular complexity index is 572. The maximum Gasteiger partial charge on any atom is 0.128 e. The van der Waals surface area contributed by atoms with Crippen molar-refractivity contribution in [3.05, 3.63) is 65.0 Å². The van der Waals surface area contributed by atoms with E-state index in [2.05, 4.69) is 0 Å². The first-order valence-electron chi connectivity index (χ1n) is 6.41. The Hall–Kier alpha value is -1.91. The molecule has 0 heterocycles. The molecule has 0 radical (unpaired) electrons. The lowest BCUT2D eigenvalue weighted by molar-refractivity contribution is 0.104. The summed E-state index contributed by atoms with van der Waals surface area (Å²) in [5.74, 6) is 0.503. The van der Waals surface area contributed by atoms with Crippen LogP contribution in [-0.4, -0.2) is 7.11 Å². The summed E-state index contributed by atoms with van der Waals surface area (Å²) in [5, 5.41) is 0. The second-order valence-electron chi connectivity index (χ2n) is 4.43. The van der Waals surface area contributed by atoms with Crippen molar-refractivity contribution in [2.75, 3.05) is 7.11 Å². The highest BCUT2D eigenvalue weighted by Gasteiger charge is 2.04. The van der Waals surface area contributed by atoms with E-state index in [1.54, 1.807) is 25.3 Å². The van der Waals surface area contributed by atoms with Crippen molar-refractivity contribution in [2.24, 2.45) is 5.73 Å². The van der Waals surface area contributed by atoms with Gasteiger partial charge in [0.25, 0.3) is 0 Å². The van der Waals surface area contributed by atoms with Crippen molar-refractivity contribution in [1.82, 2.24) is 0 Å². The van der Waals surface area contributed by atoms with Crippen LogP contribution in [0.5, 0.6) is 5.75 Å². The van der Waals surface area contributed by atoms with Gasteiger partial charge in [-0.2, -0.15) is 0 Å². The molecule has 0 unspecified atom stereocenters. The molecule has 0 atom stereocenters. The van der Waals surface area contributed by atoms with Crippen LogP contribution in [0.25, 0.3) is 0 Å². The van der Waals surface area contributed by atoms with E-state index in [-0.39, 0.29) is 12.4 Å². The summed E-state index contributed by atoms with van der Waals surface area (Å²) in [6.07, 6.45) is 0. The molecule has 3 nitrogen and oxygen atoms in total. The monoisotopic (exact) mass is 275 g/mol. The summed E-state index contributed by atoms with van der Waals surface area (Å²) in [6.45, 7) is 1.07. The summed E-state index contributed by atoms with van der Waals surface area (Å²) in [6, 6.07) is 12.3. The van der Waals surface area contributed by atoms with Gasteiger partial charge in [-0.3, -0.25) is 0 Å². The Kier molecular flexibility index (Phi) is 5.09. The topological polar surface area (TPSA) is 44.5 Å². The third-order valence-electron chi connectivity index (χ3n) is 3.06. The van der Waals surface area contributed by atoms with Gasteiger partial charge in [0.2, 0.25) is 0 Å². The Balaban J connectivity index is 1.96. The lowest BCUT2D eigenvalue weighted by Crippen LogP contribution is -2.02. The molecule has 2 aromatic rings. The first-order valence-corrected chi connectivity index (χ1v) is 6.41. The first kappa shape index (κ1) is 14.5. The fourth-order valence-corrected chi connectivity index (χ4v) is 1.94. The van der Waals surface area contributed by atoms with E-state index < -0.39 is 0 Å². The summed E-state index contributed by atoms with van der Waals surface area (Å²) >= 11 is 0. The van der Waals surface area contributed by atoms with Crippen LogP contribution in [-0.2, 0) is 24.5 Å². The highest BCUT2D eigenvalue weighted by Crippen LogP contribution is 2.20. The molecule has 0 saturated carbocycles. The number of hydrogen-bond donors (Lipinski definition) is 1. The van der Waals surface area contributed by atoms with Crippen LogP contribution in [0.1, 0.15) is 16.7 Å². The predicted molar refractivity (Wildman–Crippen MR) is 75.8 cm³/mol. The van der Waals surface area contributed by atoms with E-state index in [9.17, 15) is 4.39 Å². The third-order valence-corrected chi connectivity index (χ3v) is 3.06. The van der Waals surface area contributed by atoms with Crippen LogP contribution in [0.15, 0.2) is 42.5 Å². The molecular formula is C16H18FNO2. The average Bonchev–Trinajstić information content (AvgIpc) is 2.49. The van der Waals surface area contributed by atoms with Crippen LogP contribution in [0.2, 0.25) is 0 Å². The summed E-state index contributed by atoms with van der Waals surface area (Å²) < 4.78 is 24.2. The van der Waals surface area contributed by atoms with Gasteiger partial charge in [-0.25, -0.2) is 4.39 Å². The van der Waals surface area contributed by atoms with Crippen LogP contribution in [0.4, 0.5) is 4.39 Å². The molecule has 20 heavy (non-hydrogen) atoms. The number of ether oxygens (including phenoxy) is 2. The van der Waals surface area contributed by atoms with E-state index >= 15 is 0 Å². The summed E-state index contributed by atoms with van der Waals surface area (Å²) in [5.41, 5.74) is 8.09. The molecule has 2 N–H and O–H groups in total.